The normalized spacial score (nSPS) is 16.0. The molecule has 5 rings (SSSR count). The van der Waals surface area contributed by atoms with Crippen molar-refractivity contribution in [3.63, 3.8) is 0 Å². The highest BCUT2D eigenvalue weighted by Crippen LogP contribution is 2.32. The van der Waals surface area contributed by atoms with Crippen molar-refractivity contribution in [2.75, 3.05) is 13.1 Å². The number of aromatic nitrogens is 4. The highest BCUT2D eigenvalue weighted by atomic mass is 19.4. The lowest BCUT2D eigenvalue weighted by Crippen LogP contribution is -2.32. The largest absolute Gasteiger partial charge is 0.471 e. The minimum absolute atomic E-state index is 0.152. The fourth-order valence-electron chi connectivity index (χ4n) is 4.22. The molecule has 6 nitrogen and oxygen atoms in total. The Morgan fingerprint density at radius 1 is 1.00 bits per heavy atom. The van der Waals surface area contributed by atoms with Crippen molar-refractivity contribution in [2.45, 2.75) is 31.5 Å². The van der Waals surface area contributed by atoms with Crippen LogP contribution in [0.4, 0.5) is 13.2 Å². The second-order valence-corrected chi connectivity index (χ2v) is 7.93. The molecule has 0 saturated carbocycles. The third-order valence-corrected chi connectivity index (χ3v) is 5.87. The van der Waals surface area contributed by atoms with Crippen molar-refractivity contribution in [2.24, 2.45) is 0 Å². The van der Waals surface area contributed by atoms with Gasteiger partial charge in [-0.25, -0.2) is 0 Å². The van der Waals surface area contributed by atoms with Crippen molar-refractivity contribution >= 4 is 10.9 Å². The van der Waals surface area contributed by atoms with Crippen LogP contribution in [0.2, 0.25) is 0 Å². The SMILES string of the molecule is FC(F)(F)c1nc(-c2cc(C3CCN(Cc4ccnc5ccccc45)CC3)ccn2)no1. The zero-order chi connectivity index (χ0) is 22.1. The number of rotatable bonds is 4. The number of fused-ring (bicyclic) bond motifs is 1. The zero-order valence-corrected chi connectivity index (χ0v) is 17.1. The Balaban J connectivity index is 1.26. The zero-order valence-electron chi connectivity index (χ0n) is 17.1. The molecule has 1 aromatic carbocycles. The van der Waals surface area contributed by atoms with Gasteiger partial charge in [0.15, 0.2) is 0 Å². The molecule has 0 spiro atoms. The monoisotopic (exact) mass is 439 g/mol. The van der Waals surface area contributed by atoms with Crippen LogP contribution in [0, 0.1) is 0 Å². The van der Waals surface area contributed by atoms with Crippen LogP contribution in [0.3, 0.4) is 0 Å². The maximum Gasteiger partial charge on any atom is 0.471 e. The molecule has 164 valence electrons. The molecule has 1 fully saturated rings. The molecular formula is C23H20F3N5O. The van der Waals surface area contributed by atoms with Crippen molar-refractivity contribution in [3.8, 4) is 11.5 Å². The van der Waals surface area contributed by atoms with E-state index in [1.165, 1.54) is 10.9 Å². The van der Waals surface area contributed by atoms with E-state index in [0.29, 0.717) is 5.92 Å². The number of benzene rings is 1. The third-order valence-electron chi connectivity index (χ3n) is 5.87. The van der Waals surface area contributed by atoms with Gasteiger partial charge in [0, 0.05) is 24.3 Å². The van der Waals surface area contributed by atoms with Crippen LogP contribution in [0.25, 0.3) is 22.4 Å². The second-order valence-electron chi connectivity index (χ2n) is 7.93. The van der Waals surface area contributed by atoms with E-state index in [9.17, 15) is 13.2 Å². The molecule has 0 N–H and O–H groups in total. The van der Waals surface area contributed by atoms with Crippen LogP contribution in [0.5, 0.6) is 0 Å². The van der Waals surface area contributed by atoms with E-state index in [1.807, 2.05) is 30.5 Å². The lowest BCUT2D eigenvalue weighted by molar-refractivity contribution is -0.159. The second kappa shape index (κ2) is 8.31. The van der Waals surface area contributed by atoms with E-state index < -0.39 is 12.1 Å². The first-order chi connectivity index (χ1) is 15.5. The standard InChI is InChI=1S/C23H20F3N5O/c24-23(25,26)22-29-21(30-32-22)20-13-16(5-9-28-20)15-7-11-31(12-8-15)14-17-6-10-27-19-4-2-1-3-18(17)19/h1-6,9-10,13,15H,7-8,11-12,14H2. The number of alkyl halides is 3. The molecule has 0 atom stereocenters. The summed E-state index contributed by atoms with van der Waals surface area (Å²) < 4.78 is 42.6. The Hall–Kier alpha value is -3.33. The van der Waals surface area contributed by atoms with E-state index in [1.54, 1.807) is 12.3 Å². The van der Waals surface area contributed by atoms with Crippen LogP contribution < -0.4 is 0 Å². The van der Waals surface area contributed by atoms with Gasteiger partial charge >= 0.3 is 12.1 Å². The number of likely N-dealkylation sites (tertiary alicyclic amines) is 1. The lowest BCUT2D eigenvalue weighted by atomic mass is 9.89. The van der Waals surface area contributed by atoms with E-state index >= 15 is 0 Å². The number of para-hydroxylation sites is 1. The van der Waals surface area contributed by atoms with Gasteiger partial charge in [0.25, 0.3) is 0 Å². The third kappa shape index (κ3) is 4.20. The summed E-state index contributed by atoms with van der Waals surface area (Å²) in [6.45, 7) is 2.72. The summed E-state index contributed by atoms with van der Waals surface area (Å²) in [5.74, 6) is -1.21. The molecule has 1 saturated heterocycles. The van der Waals surface area contributed by atoms with Gasteiger partial charge in [0.2, 0.25) is 5.82 Å². The Labute approximate surface area is 182 Å². The van der Waals surface area contributed by atoms with E-state index in [4.69, 9.17) is 0 Å². The van der Waals surface area contributed by atoms with Gasteiger partial charge in [-0.2, -0.15) is 18.2 Å². The molecule has 1 aliphatic rings. The topological polar surface area (TPSA) is 67.9 Å². The summed E-state index contributed by atoms with van der Waals surface area (Å²) in [5, 5.41) is 4.62. The molecule has 0 bridgehead atoms. The summed E-state index contributed by atoms with van der Waals surface area (Å²) in [5.41, 5.74) is 3.58. The Bertz CT molecular complexity index is 1230. The molecule has 32 heavy (non-hydrogen) atoms. The minimum atomic E-state index is -4.67. The van der Waals surface area contributed by atoms with E-state index in [0.717, 1.165) is 43.6 Å². The highest BCUT2D eigenvalue weighted by Gasteiger charge is 2.38. The molecule has 4 heterocycles. The lowest BCUT2D eigenvalue weighted by Gasteiger charge is -2.32. The van der Waals surface area contributed by atoms with Crippen molar-refractivity contribution < 1.29 is 17.7 Å². The van der Waals surface area contributed by atoms with Crippen molar-refractivity contribution in [1.82, 2.24) is 25.0 Å². The smallest absolute Gasteiger partial charge is 0.329 e. The Kier molecular flexibility index (Phi) is 5.34. The quantitative estimate of drug-likeness (QED) is 0.442. The maximum absolute atomic E-state index is 12.7. The highest BCUT2D eigenvalue weighted by molar-refractivity contribution is 5.81. The summed E-state index contributed by atoms with van der Waals surface area (Å²) in [4.78, 5) is 14.4. The van der Waals surface area contributed by atoms with E-state index in [-0.39, 0.29) is 11.5 Å². The van der Waals surface area contributed by atoms with Crippen LogP contribution in [-0.2, 0) is 12.7 Å². The fraction of sp³-hybridized carbons (Fsp3) is 0.304. The Morgan fingerprint density at radius 2 is 1.78 bits per heavy atom. The average Bonchev–Trinajstić information content (AvgIpc) is 3.31. The van der Waals surface area contributed by atoms with Crippen LogP contribution in [0.15, 0.2) is 59.4 Å². The van der Waals surface area contributed by atoms with Gasteiger partial charge in [-0.3, -0.25) is 14.9 Å². The Morgan fingerprint density at radius 3 is 2.56 bits per heavy atom. The predicted molar refractivity (Wildman–Crippen MR) is 112 cm³/mol. The molecule has 0 unspecified atom stereocenters. The molecule has 4 aromatic rings. The van der Waals surface area contributed by atoms with Gasteiger partial charge in [-0.15, -0.1) is 0 Å². The van der Waals surface area contributed by atoms with Gasteiger partial charge in [0.05, 0.1) is 5.52 Å². The van der Waals surface area contributed by atoms with Gasteiger partial charge in [-0.05, 0) is 67.2 Å². The molecular weight excluding hydrogens is 419 g/mol. The number of hydrogen-bond acceptors (Lipinski definition) is 6. The minimum Gasteiger partial charge on any atom is -0.329 e. The predicted octanol–water partition coefficient (Wildman–Crippen LogP) is 5.08. The van der Waals surface area contributed by atoms with Crippen LogP contribution in [0.1, 0.15) is 35.8 Å². The van der Waals surface area contributed by atoms with Gasteiger partial charge in [0.1, 0.15) is 5.69 Å². The molecule has 3 aromatic heterocycles. The number of piperidine rings is 1. The number of hydrogen-bond donors (Lipinski definition) is 0. The summed E-state index contributed by atoms with van der Waals surface area (Å²) in [7, 11) is 0. The van der Waals surface area contributed by atoms with Crippen molar-refractivity contribution in [1.29, 1.82) is 0 Å². The van der Waals surface area contributed by atoms with Crippen LogP contribution >= 0.6 is 0 Å². The number of halogens is 3. The number of pyridine rings is 2. The number of nitrogens with zero attached hydrogens (tertiary/aromatic N) is 5. The first-order valence-electron chi connectivity index (χ1n) is 10.4. The van der Waals surface area contributed by atoms with Gasteiger partial charge < -0.3 is 4.52 Å². The molecule has 0 radical (unpaired) electrons. The van der Waals surface area contributed by atoms with Gasteiger partial charge in [-0.1, -0.05) is 23.4 Å². The fourth-order valence-corrected chi connectivity index (χ4v) is 4.22. The molecule has 1 aliphatic heterocycles. The molecule has 9 heteroatoms. The summed E-state index contributed by atoms with van der Waals surface area (Å²) >= 11 is 0. The maximum atomic E-state index is 12.7. The van der Waals surface area contributed by atoms with Crippen molar-refractivity contribution in [3.05, 3.63) is 71.9 Å². The first-order valence-corrected chi connectivity index (χ1v) is 10.4. The average molecular weight is 439 g/mol. The first kappa shape index (κ1) is 20.6. The summed E-state index contributed by atoms with van der Waals surface area (Å²) in [6, 6.07) is 13.9. The summed E-state index contributed by atoms with van der Waals surface area (Å²) in [6.07, 6.45) is 0.670. The van der Waals surface area contributed by atoms with E-state index in [2.05, 4.69) is 41.7 Å². The van der Waals surface area contributed by atoms with Crippen LogP contribution in [-0.4, -0.2) is 38.1 Å². The molecule has 0 aliphatic carbocycles. The molecule has 0 amide bonds.